The highest BCUT2D eigenvalue weighted by Gasteiger charge is 2.10. The Bertz CT molecular complexity index is 909. The number of halogens is 2. The fourth-order valence-corrected chi connectivity index (χ4v) is 2.44. The summed E-state index contributed by atoms with van der Waals surface area (Å²) in [5.74, 6) is 0. The lowest BCUT2D eigenvalue weighted by Crippen LogP contribution is -2.06. The Morgan fingerprint density at radius 3 is 2.83 bits per heavy atom. The fraction of sp³-hybridized carbons (Fsp3) is 0. The Hall–Kier alpha value is -2.29. The van der Waals surface area contributed by atoms with E-state index in [1.165, 1.54) is 23.0 Å². The molecule has 23 heavy (non-hydrogen) atoms. The molecule has 0 aliphatic heterocycles. The molecule has 0 atom stereocenters. The number of aromatic amines is 1. The molecule has 2 aromatic heterocycles. The van der Waals surface area contributed by atoms with Crippen molar-refractivity contribution >= 4 is 56.7 Å². The molecule has 0 saturated carbocycles. The number of pyridine rings is 1. The van der Waals surface area contributed by atoms with Gasteiger partial charge in [-0.1, -0.05) is 40.6 Å². The van der Waals surface area contributed by atoms with Crippen molar-refractivity contribution < 1.29 is 0 Å². The van der Waals surface area contributed by atoms with E-state index in [1.54, 1.807) is 24.3 Å². The van der Waals surface area contributed by atoms with Gasteiger partial charge in [-0.2, -0.15) is 0 Å². The molecule has 116 valence electrons. The molecular formula is C13H8Cl2N6OS. The third-order valence-electron chi connectivity index (χ3n) is 2.74. The van der Waals surface area contributed by atoms with E-state index < -0.39 is 5.56 Å². The molecule has 0 saturated heterocycles. The number of azo groups is 1. The summed E-state index contributed by atoms with van der Waals surface area (Å²) in [6.07, 6.45) is 1.49. The highest BCUT2D eigenvalue weighted by Crippen LogP contribution is 2.33. The molecule has 0 bridgehead atoms. The number of H-pyrrole nitrogens is 1. The molecule has 0 aliphatic rings. The van der Waals surface area contributed by atoms with Crippen LogP contribution in [0.15, 0.2) is 51.0 Å². The predicted octanol–water partition coefficient (Wildman–Crippen LogP) is 4.69. The van der Waals surface area contributed by atoms with Gasteiger partial charge in [0.2, 0.25) is 0 Å². The molecule has 1 aromatic carbocycles. The van der Waals surface area contributed by atoms with Crippen LogP contribution in [0.1, 0.15) is 0 Å². The summed E-state index contributed by atoms with van der Waals surface area (Å²) in [6, 6.07) is 6.79. The molecule has 0 radical (unpaired) electrons. The van der Waals surface area contributed by atoms with Gasteiger partial charge in [0.05, 0.1) is 21.4 Å². The van der Waals surface area contributed by atoms with Gasteiger partial charge in [-0.25, -0.2) is 0 Å². The normalized spacial score (nSPS) is 11.0. The first-order valence-corrected chi connectivity index (χ1v) is 7.89. The van der Waals surface area contributed by atoms with Crippen LogP contribution in [0.4, 0.5) is 22.2 Å². The van der Waals surface area contributed by atoms with Crippen molar-refractivity contribution in [2.45, 2.75) is 0 Å². The maximum Gasteiger partial charge on any atom is 0.277 e. The molecule has 0 amide bonds. The largest absolute Gasteiger partial charge is 0.352 e. The SMILES string of the molecule is O=c1[nH]ccc(Nc2cccc(Cl)c2Cl)c1N=Nc1nncs1. The Morgan fingerprint density at radius 2 is 2.04 bits per heavy atom. The van der Waals surface area contributed by atoms with E-state index in [-0.39, 0.29) is 5.69 Å². The van der Waals surface area contributed by atoms with Crippen LogP contribution in [0, 0.1) is 0 Å². The standard InChI is InChI=1S/C13H8Cl2N6OS/c14-7-2-1-3-8(10(7)15)18-9-4-5-16-12(22)11(9)19-21-13-20-17-6-23-13/h1-6H,(H2,16,18,22). The van der Waals surface area contributed by atoms with Crippen LogP contribution in [-0.2, 0) is 0 Å². The maximum absolute atomic E-state index is 12.0. The van der Waals surface area contributed by atoms with E-state index in [1.807, 2.05) is 0 Å². The van der Waals surface area contributed by atoms with E-state index in [0.717, 1.165) is 0 Å². The number of rotatable bonds is 4. The molecule has 3 aromatic rings. The lowest BCUT2D eigenvalue weighted by molar-refractivity contribution is 1.05. The highest BCUT2D eigenvalue weighted by atomic mass is 35.5. The summed E-state index contributed by atoms with van der Waals surface area (Å²) in [7, 11) is 0. The quantitative estimate of drug-likeness (QED) is 0.654. The number of nitrogens with one attached hydrogen (secondary N) is 2. The second kappa shape index (κ2) is 6.86. The molecule has 0 unspecified atom stereocenters. The van der Waals surface area contributed by atoms with Crippen LogP contribution in [-0.4, -0.2) is 15.2 Å². The number of hydrogen-bond acceptors (Lipinski definition) is 7. The third kappa shape index (κ3) is 3.55. The summed E-state index contributed by atoms with van der Waals surface area (Å²) < 4.78 is 0. The highest BCUT2D eigenvalue weighted by molar-refractivity contribution is 7.13. The first-order chi connectivity index (χ1) is 11.1. The molecule has 0 spiro atoms. The number of hydrogen-bond donors (Lipinski definition) is 2. The molecule has 2 heterocycles. The predicted molar refractivity (Wildman–Crippen MR) is 90.9 cm³/mol. The Morgan fingerprint density at radius 1 is 1.17 bits per heavy atom. The molecule has 0 aliphatic carbocycles. The van der Waals surface area contributed by atoms with Gasteiger partial charge in [-0.05, 0) is 18.2 Å². The fourth-order valence-electron chi connectivity index (χ4n) is 1.72. The van der Waals surface area contributed by atoms with E-state index in [9.17, 15) is 4.79 Å². The smallest absolute Gasteiger partial charge is 0.277 e. The van der Waals surface area contributed by atoms with Crippen molar-refractivity contribution in [1.29, 1.82) is 0 Å². The van der Waals surface area contributed by atoms with Crippen molar-refractivity contribution in [2.24, 2.45) is 10.2 Å². The minimum absolute atomic E-state index is 0.0961. The van der Waals surface area contributed by atoms with Gasteiger partial charge in [-0.3, -0.25) is 4.79 Å². The lowest BCUT2D eigenvalue weighted by Gasteiger charge is -2.10. The van der Waals surface area contributed by atoms with E-state index in [0.29, 0.717) is 26.6 Å². The van der Waals surface area contributed by atoms with Crippen LogP contribution in [0.3, 0.4) is 0 Å². The summed E-state index contributed by atoms with van der Waals surface area (Å²) in [5, 5.41) is 19.4. The Balaban J connectivity index is 1.98. The zero-order valence-electron chi connectivity index (χ0n) is 11.3. The van der Waals surface area contributed by atoms with Crippen molar-refractivity contribution in [2.75, 3.05) is 5.32 Å². The van der Waals surface area contributed by atoms with Crippen LogP contribution in [0.5, 0.6) is 0 Å². The van der Waals surface area contributed by atoms with Crippen LogP contribution in [0.25, 0.3) is 0 Å². The van der Waals surface area contributed by atoms with Crippen LogP contribution in [0.2, 0.25) is 10.0 Å². The van der Waals surface area contributed by atoms with Crippen molar-refractivity contribution in [1.82, 2.24) is 15.2 Å². The second-order valence-electron chi connectivity index (χ2n) is 4.22. The van der Waals surface area contributed by atoms with Gasteiger partial charge in [0.25, 0.3) is 10.7 Å². The van der Waals surface area contributed by atoms with Crippen LogP contribution < -0.4 is 10.9 Å². The number of nitrogens with zero attached hydrogens (tertiary/aromatic N) is 4. The Labute approximate surface area is 144 Å². The number of aromatic nitrogens is 3. The molecular weight excluding hydrogens is 359 g/mol. The third-order valence-corrected chi connectivity index (χ3v) is 4.13. The van der Waals surface area contributed by atoms with E-state index >= 15 is 0 Å². The zero-order chi connectivity index (χ0) is 16.2. The van der Waals surface area contributed by atoms with Crippen molar-refractivity contribution in [3.05, 3.63) is 56.4 Å². The summed E-state index contributed by atoms with van der Waals surface area (Å²) in [5.41, 5.74) is 2.21. The molecule has 7 nitrogen and oxygen atoms in total. The van der Waals surface area contributed by atoms with Crippen LogP contribution >= 0.6 is 34.5 Å². The summed E-state index contributed by atoms with van der Waals surface area (Å²) in [6.45, 7) is 0. The zero-order valence-corrected chi connectivity index (χ0v) is 13.7. The van der Waals surface area contributed by atoms with Gasteiger partial charge >= 0.3 is 0 Å². The first kappa shape index (κ1) is 15.6. The summed E-state index contributed by atoms with van der Waals surface area (Å²) in [4.78, 5) is 14.5. The number of anilines is 2. The Kier molecular flexibility index (Phi) is 4.65. The van der Waals surface area contributed by atoms with Gasteiger partial charge in [0, 0.05) is 6.20 Å². The second-order valence-corrected chi connectivity index (χ2v) is 5.81. The minimum Gasteiger partial charge on any atom is -0.352 e. The van der Waals surface area contributed by atoms with Gasteiger partial charge in [-0.15, -0.1) is 20.4 Å². The average molecular weight is 367 g/mol. The first-order valence-electron chi connectivity index (χ1n) is 6.26. The van der Waals surface area contributed by atoms with Gasteiger partial charge in [0.1, 0.15) is 5.51 Å². The molecule has 3 rings (SSSR count). The molecule has 0 fully saturated rings. The molecule has 2 N–H and O–H groups in total. The maximum atomic E-state index is 12.0. The molecule has 10 heteroatoms. The number of benzene rings is 1. The van der Waals surface area contributed by atoms with Crippen molar-refractivity contribution in [3.8, 4) is 0 Å². The van der Waals surface area contributed by atoms with Crippen molar-refractivity contribution in [3.63, 3.8) is 0 Å². The van der Waals surface area contributed by atoms with Gasteiger partial charge < -0.3 is 10.3 Å². The monoisotopic (exact) mass is 366 g/mol. The lowest BCUT2D eigenvalue weighted by atomic mass is 10.3. The summed E-state index contributed by atoms with van der Waals surface area (Å²) >= 11 is 13.3. The van der Waals surface area contributed by atoms with E-state index in [4.69, 9.17) is 23.2 Å². The topological polar surface area (TPSA) is 95.4 Å². The average Bonchev–Trinajstić information content (AvgIpc) is 3.05. The minimum atomic E-state index is -0.401. The van der Waals surface area contributed by atoms with E-state index in [2.05, 4.69) is 30.7 Å². The van der Waals surface area contributed by atoms with Gasteiger partial charge in [0.15, 0.2) is 5.69 Å².